The number of anilines is 1. The minimum Gasteiger partial charge on any atom is -0.497 e. The molecule has 0 aliphatic heterocycles. The Hall–Kier alpha value is -2.08. The van der Waals surface area contributed by atoms with E-state index in [1.807, 2.05) is 13.0 Å². The fourth-order valence-corrected chi connectivity index (χ4v) is 2.27. The maximum absolute atomic E-state index is 12.0. The Morgan fingerprint density at radius 3 is 2.61 bits per heavy atom. The predicted molar refractivity (Wildman–Crippen MR) is 91.6 cm³/mol. The number of nitrogens with zero attached hydrogens (tertiary/aromatic N) is 1. The van der Waals surface area contributed by atoms with E-state index >= 15 is 0 Å². The predicted octanol–water partition coefficient (Wildman–Crippen LogP) is 1.87. The fourth-order valence-electron chi connectivity index (χ4n) is 2.27. The molecule has 0 saturated carbocycles. The van der Waals surface area contributed by atoms with E-state index in [1.165, 1.54) is 0 Å². The van der Waals surface area contributed by atoms with Crippen LogP contribution in [0.25, 0.3) is 0 Å². The number of benzene rings is 1. The van der Waals surface area contributed by atoms with Crippen LogP contribution in [0.4, 0.5) is 5.69 Å². The number of carbonyl (C=O) groups is 2. The number of hydrogen-bond acceptors (Lipinski definition) is 4. The standard InChI is InChI=1S/C17H27N3O3/c1-5-7-13(2)18-16(21)11-20(3)12-17(22)19-14-8-6-9-15(10-14)23-4/h6,8-10,13H,5,7,11-12H2,1-4H3,(H,18,21)(H,19,22)/t13-/m0/s1. The number of methoxy groups -OCH3 is 1. The summed E-state index contributed by atoms with van der Waals surface area (Å²) < 4.78 is 5.11. The molecule has 1 aromatic rings. The highest BCUT2D eigenvalue weighted by Crippen LogP contribution is 2.16. The van der Waals surface area contributed by atoms with Gasteiger partial charge in [-0.25, -0.2) is 0 Å². The molecule has 2 amide bonds. The van der Waals surface area contributed by atoms with Crippen LogP contribution in [-0.2, 0) is 9.59 Å². The van der Waals surface area contributed by atoms with Crippen molar-refractivity contribution >= 4 is 17.5 Å². The smallest absolute Gasteiger partial charge is 0.238 e. The van der Waals surface area contributed by atoms with Crippen molar-refractivity contribution in [2.24, 2.45) is 0 Å². The van der Waals surface area contributed by atoms with Crippen molar-refractivity contribution in [1.82, 2.24) is 10.2 Å². The Morgan fingerprint density at radius 2 is 1.96 bits per heavy atom. The summed E-state index contributed by atoms with van der Waals surface area (Å²) in [4.78, 5) is 25.5. The van der Waals surface area contributed by atoms with Gasteiger partial charge in [0.25, 0.3) is 0 Å². The van der Waals surface area contributed by atoms with E-state index in [0.29, 0.717) is 11.4 Å². The highest BCUT2D eigenvalue weighted by atomic mass is 16.5. The third-order valence-electron chi connectivity index (χ3n) is 3.31. The Bertz CT molecular complexity index is 520. The summed E-state index contributed by atoms with van der Waals surface area (Å²) in [7, 11) is 3.32. The van der Waals surface area contributed by atoms with Crippen LogP contribution >= 0.6 is 0 Å². The highest BCUT2D eigenvalue weighted by Gasteiger charge is 2.12. The lowest BCUT2D eigenvalue weighted by Gasteiger charge is -2.18. The van der Waals surface area contributed by atoms with Gasteiger partial charge in [-0.1, -0.05) is 19.4 Å². The molecule has 0 bridgehead atoms. The lowest BCUT2D eigenvalue weighted by molar-refractivity contribution is -0.123. The van der Waals surface area contributed by atoms with E-state index in [0.717, 1.165) is 12.8 Å². The number of amides is 2. The summed E-state index contributed by atoms with van der Waals surface area (Å²) in [6, 6.07) is 7.31. The van der Waals surface area contributed by atoms with Crippen LogP contribution in [0.5, 0.6) is 5.75 Å². The summed E-state index contributed by atoms with van der Waals surface area (Å²) in [5, 5.41) is 5.71. The SMILES string of the molecule is CCC[C@H](C)NC(=O)CN(C)CC(=O)Nc1cccc(OC)c1. The molecule has 0 heterocycles. The quantitative estimate of drug-likeness (QED) is 0.728. The molecule has 0 fully saturated rings. The molecule has 23 heavy (non-hydrogen) atoms. The largest absolute Gasteiger partial charge is 0.497 e. The first-order valence-corrected chi connectivity index (χ1v) is 7.86. The van der Waals surface area contributed by atoms with Crippen LogP contribution < -0.4 is 15.4 Å². The van der Waals surface area contributed by atoms with Gasteiger partial charge in [-0.2, -0.15) is 0 Å². The van der Waals surface area contributed by atoms with Crippen LogP contribution in [0.1, 0.15) is 26.7 Å². The van der Waals surface area contributed by atoms with Gasteiger partial charge in [0.1, 0.15) is 5.75 Å². The first-order chi connectivity index (χ1) is 10.9. The highest BCUT2D eigenvalue weighted by molar-refractivity contribution is 5.92. The zero-order chi connectivity index (χ0) is 17.2. The zero-order valence-corrected chi connectivity index (χ0v) is 14.4. The van der Waals surface area contributed by atoms with E-state index in [1.54, 1.807) is 37.3 Å². The van der Waals surface area contributed by atoms with Crippen LogP contribution in [0.2, 0.25) is 0 Å². The molecule has 1 rings (SSSR count). The minimum atomic E-state index is -0.171. The molecule has 6 nitrogen and oxygen atoms in total. The topological polar surface area (TPSA) is 70.7 Å². The molecule has 0 saturated heterocycles. The van der Waals surface area contributed by atoms with Crippen molar-refractivity contribution in [3.8, 4) is 5.75 Å². The summed E-state index contributed by atoms with van der Waals surface area (Å²) in [6.07, 6.45) is 1.98. The summed E-state index contributed by atoms with van der Waals surface area (Å²) in [5.41, 5.74) is 0.670. The van der Waals surface area contributed by atoms with Crippen molar-refractivity contribution in [1.29, 1.82) is 0 Å². The molecule has 128 valence electrons. The maximum atomic E-state index is 12.0. The molecule has 2 N–H and O–H groups in total. The Balaban J connectivity index is 2.39. The third-order valence-corrected chi connectivity index (χ3v) is 3.31. The number of carbonyl (C=O) groups excluding carboxylic acids is 2. The molecule has 0 aromatic heterocycles. The van der Waals surface area contributed by atoms with Gasteiger partial charge >= 0.3 is 0 Å². The average molecular weight is 321 g/mol. The second-order valence-electron chi connectivity index (χ2n) is 5.71. The van der Waals surface area contributed by atoms with Crippen LogP contribution in [0.3, 0.4) is 0 Å². The molecule has 0 spiro atoms. The maximum Gasteiger partial charge on any atom is 0.238 e. The minimum absolute atomic E-state index is 0.0670. The lowest BCUT2D eigenvalue weighted by atomic mass is 10.2. The van der Waals surface area contributed by atoms with Gasteiger partial charge in [0.2, 0.25) is 11.8 Å². The first-order valence-electron chi connectivity index (χ1n) is 7.86. The van der Waals surface area contributed by atoms with E-state index < -0.39 is 0 Å². The van der Waals surface area contributed by atoms with Crippen molar-refractivity contribution in [2.75, 3.05) is 32.6 Å². The molecular weight excluding hydrogens is 294 g/mol. The third kappa shape index (κ3) is 7.65. The summed E-state index contributed by atoms with van der Waals surface area (Å²) >= 11 is 0. The van der Waals surface area contributed by atoms with Crippen molar-refractivity contribution < 1.29 is 14.3 Å². The van der Waals surface area contributed by atoms with Gasteiger partial charge in [-0.05, 0) is 32.5 Å². The van der Waals surface area contributed by atoms with Gasteiger partial charge in [-0.15, -0.1) is 0 Å². The lowest BCUT2D eigenvalue weighted by Crippen LogP contribution is -2.41. The van der Waals surface area contributed by atoms with Gasteiger partial charge in [0, 0.05) is 17.8 Å². The van der Waals surface area contributed by atoms with E-state index in [9.17, 15) is 9.59 Å². The first kappa shape index (κ1) is 19.0. The zero-order valence-electron chi connectivity index (χ0n) is 14.4. The van der Waals surface area contributed by atoms with E-state index in [2.05, 4.69) is 17.6 Å². The molecule has 1 atom stereocenters. The van der Waals surface area contributed by atoms with Crippen LogP contribution in [-0.4, -0.2) is 50.0 Å². The molecule has 0 aliphatic rings. The fraction of sp³-hybridized carbons (Fsp3) is 0.529. The monoisotopic (exact) mass is 321 g/mol. The molecular formula is C17H27N3O3. The second kappa shape index (κ2) is 9.84. The molecule has 1 aromatic carbocycles. The van der Waals surface area contributed by atoms with Crippen molar-refractivity contribution in [3.63, 3.8) is 0 Å². The Kier molecular flexibility index (Phi) is 8.11. The molecule has 0 unspecified atom stereocenters. The van der Waals surface area contributed by atoms with Crippen LogP contribution in [0.15, 0.2) is 24.3 Å². The van der Waals surface area contributed by atoms with E-state index in [4.69, 9.17) is 4.74 Å². The summed E-state index contributed by atoms with van der Waals surface area (Å²) in [5.74, 6) is 0.443. The van der Waals surface area contributed by atoms with Gasteiger partial charge in [-0.3, -0.25) is 14.5 Å². The normalized spacial score (nSPS) is 11.9. The number of likely N-dealkylation sites (N-methyl/N-ethyl adjacent to an activating group) is 1. The Labute approximate surface area is 138 Å². The molecule has 0 aliphatic carbocycles. The van der Waals surface area contributed by atoms with Crippen molar-refractivity contribution in [2.45, 2.75) is 32.7 Å². The number of nitrogens with one attached hydrogen (secondary N) is 2. The van der Waals surface area contributed by atoms with Gasteiger partial charge in [0.15, 0.2) is 0 Å². The number of rotatable bonds is 9. The molecule has 0 radical (unpaired) electrons. The summed E-state index contributed by atoms with van der Waals surface area (Å²) in [6.45, 7) is 4.40. The van der Waals surface area contributed by atoms with Gasteiger partial charge < -0.3 is 15.4 Å². The van der Waals surface area contributed by atoms with E-state index in [-0.39, 0.29) is 30.9 Å². The van der Waals surface area contributed by atoms with Gasteiger partial charge in [0.05, 0.1) is 20.2 Å². The average Bonchev–Trinajstić information content (AvgIpc) is 2.46. The Morgan fingerprint density at radius 1 is 1.26 bits per heavy atom. The number of hydrogen-bond donors (Lipinski definition) is 2. The second-order valence-corrected chi connectivity index (χ2v) is 5.71. The number of ether oxygens (including phenoxy) is 1. The van der Waals surface area contributed by atoms with Crippen molar-refractivity contribution in [3.05, 3.63) is 24.3 Å². The van der Waals surface area contributed by atoms with Crippen LogP contribution in [0, 0.1) is 0 Å². The molecule has 6 heteroatoms.